The fourth-order valence-corrected chi connectivity index (χ4v) is 1.97. The Morgan fingerprint density at radius 2 is 1.74 bits per heavy atom. The van der Waals surface area contributed by atoms with Crippen LogP contribution in [0.25, 0.3) is 0 Å². The quantitative estimate of drug-likeness (QED) is 0.784. The van der Waals surface area contributed by atoms with Gasteiger partial charge in [-0.3, -0.25) is 14.9 Å². The highest BCUT2D eigenvalue weighted by molar-refractivity contribution is 6.29. The van der Waals surface area contributed by atoms with Gasteiger partial charge in [-0.05, 0) is 44.9 Å². The maximum absolute atomic E-state index is 12.4. The van der Waals surface area contributed by atoms with Gasteiger partial charge in [0.25, 0.3) is 0 Å². The first-order valence-corrected chi connectivity index (χ1v) is 6.03. The standard InChI is InChI=1S/C14H16N2O3/c1-8-6-5-7-10(9(8)2)16-12(18)14(3,4)11(17)15-13(16)19/h5-7H,1-4H3,(H,15,17,19). The van der Waals surface area contributed by atoms with Gasteiger partial charge < -0.3 is 0 Å². The van der Waals surface area contributed by atoms with Gasteiger partial charge in [0.1, 0.15) is 5.41 Å². The molecular formula is C14H16N2O3. The number of nitrogens with one attached hydrogen (secondary N) is 1. The summed E-state index contributed by atoms with van der Waals surface area (Å²) < 4.78 is 0. The molecule has 4 amide bonds. The summed E-state index contributed by atoms with van der Waals surface area (Å²) in [4.78, 5) is 37.0. The summed E-state index contributed by atoms with van der Waals surface area (Å²) in [7, 11) is 0. The highest BCUT2D eigenvalue weighted by atomic mass is 16.2. The lowest BCUT2D eigenvalue weighted by Gasteiger charge is -2.35. The van der Waals surface area contributed by atoms with E-state index in [1.807, 2.05) is 19.9 Å². The lowest BCUT2D eigenvalue weighted by molar-refractivity contribution is -0.140. The molecule has 0 bridgehead atoms. The molecule has 1 saturated heterocycles. The third-order valence-electron chi connectivity index (χ3n) is 3.55. The van der Waals surface area contributed by atoms with Crippen LogP contribution in [0.15, 0.2) is 18.2 Å². The number of carbonyl (C=O) groups is 3. The summed E-state index contributed by atoms with van der Waals surface area (Å²) in [5.74, 6) is -1.07. The van der Waals surface area contributed by atoms with E-state index in [0.29, 0.717) is 5.69 Å². The van der Waals surface area contributed by atoms with Crippen LogP contribution in [0.5, 0.6) is 0 Å². The van der Waals surface area contributed by atoms with Gasteiger partial charge in [-0.1, -0.05) is 12.1 Å². The molecule has 1 aliphatic rings. The molecule has 1 aliphatic heterocycles. The van der Waals surface area contributed by atoms with Crippen molar-refractivity contribution in [1.82, 2.24) is 5.32 Å². The summed E-state index contributed by atoms with van der Waals surface area (Å²) in [5.41, 5.74) is 1.09. The summed E-state index contributed by atoms with van der Waals surface area (Å²) in [6.45, 7) is 6.76. The van der Waals surface area contributed by atoms with Crippen LogP contribution in [-0.2, 0) is 9.59 Å². The van der Waals surface area contributed by atoms with Crippen molar-refractivity contribution in [3.63, 3.8) is 0 Å². The Balaban J connectivity index is 2.55. The third kappa shape index (κ3) is 1.91. The van der Waals surface area contributed by atoms with E-state index in [0.717, 1.165) is 16.0 Å². The van der Waals surface area contributed by atoms with E-state index in [9.17, 15) is 14.4 Å². The number of hydrogen-bond acceptors (Lipinski definition) is 3. The molecule has 19 heavy (non-hydrogen) atoms. The molecule has 0 aromatic heterocycles. The number of hydrogen-bond donors (Lipinski definition) is 1. The second-order valence-electron chi connectivity index (χ2n) is 5.24. The number of amides is 4. The van der Waals surface area contributed by atoms with Crippen LogP contribution in [0.1, 0.15) is 25.0 Å². The molecule has 0 radical (unpaired) electrons. The van der Waals surface area contributed by atoms with Crippen molar-refractivity contribution in [2.24, 2.45) is 5.41 Å². The average molecular weight is 260 g/mol. The fraction of sp³-hybridized carbons (Fsp3) is 0.357. The fourth-order valence-electron chi connectivity index (χ4n) is 1.97. The first-order valence-electron chi connectivity index (χ1n) is 6.03. The van der Waals surface area contributed by atoms with Crippen molar-refractivity contribution in [1.29, 1.82) is 0 Å². The van der Waals surface area contributed by atoms with E-state index in [2.05, 4.69) is 5.32 Å². The van der Waals surface area contributed by atoms with Crippen LogP contribution >= 0.6 is 0 Å². The molecule has 0 aliphatic carbocycles. The van der Waals surface area contributed by atoms with Crippen LogP contribution in [0.4, 0.5) is 10.5 Å². The number of rotatable bonds is 1. The second-order valence-corrected chi connectivity index (χ2v) is 5.24. The Morgan fingerprint density at radius 3 is 2.37 bits per heavy atom. The molecule has 5 nitrogen and oxygen atoms in total. The zero-order chi connectivity index (χ0) is 14.4. The van der Waals surface area contributed by atoms with Gasteiger partial charge in [-0.2, -0.15) is 0 Å². The summed E-state index contributed by atoms with van der Waals surface area (Å²) in [6, 6.07) is 4.69. The number of benzene rings is 1. The van der Waals surface area contributed by atoms with Crippen LogP contribution in [0, 0.1) is 19.3 Å². The maximum atomic E-state index is 12.4. The highest BCUT2D eigenvalue weighted by Crippen LogP contribution is 2.30. The van der Waals surface area contributed by atoms with E-state index in [-0.39, 0.29) is 0 Å². The molecule has 100 valence electrons. The molecule has 0 saturated carbocycles. The van der Waals surface area contributed by atoms with Gasteiger partial charge in [-0.25, -0.2) is 9.69 Å². The zero-order valence-electron chi connectivity index (χ0n) is 11.4. The van der Waals surface area contributed by atoms with Crippen molar-refractivity contribution in [2.75, 3.05) is 4.90 Å². The minimum absolute atomic E-state index is 0.505. The minimum Gasteiger partial charge on any atom is -0.276 e. The first kappa shape index (κ1) is 13.3. The van der Waals surface area contributed by atoms with Gasteiger partial charge >= 0.3 is 6.03 Å². The summed E-state index contributed by atoms with van der Waals surface area (Å²) in [6.07, 6.45) is 0. The van der Waals surface area contributed by atoms with Crippen LogP contribution in [0.3, 0.4) is 0 Å². The molecule has 0 spiro atoms. The Kier molecular flexibility index (Phi) is 2.92. The number of carbonyl (C=O) groups excluding carboxylic acids is 3. The molecular weight excluding hydrogens is 244 g/mol. The van der Waals surface area contributed by atoms with Crippen molar-refractivity contribution >= 4 is 23.5 Å². The largest absolute Gasteiger partial charge is 0.335 e. The summed E-state index contributed by atoms with van der Waals surface area (Å²) >= 11 is 0. The average Bonchev–Trinajstić information content (AvgIpc) is 2.33. The Hall–Kier alpha value is -2.17. The Morgan fingerprint density at radius 1 is 1.11 bits per heavy atom. The van der Waals surface area contributed by atoms with E-state index >= 15 is 0 Å². The molecule has 1 fully saturated rings. The van der Waals surface area contributed by atoms with E-state index in [1.165, 1.54) is 13.8 Å². The molecule has 0 atom stereocenters. The van der Waals surface area contributed by atoms with Gasteiger partial charge in [0.2, 0.25) is 11.8 Å². The minimum atomic E-state index is -1.25. The molecule has 2 rings (SSSR count). The summed E-state index contributed by atoms with van der Waals surface area (Å²) in [5, 5.41) is 2.22. The molecule has 5 heteroatoms. The normalized spacial score (nSPS) is 18.5. The predicted octanol–water partition coefficient (Wildman–Crippen LogP) is 1.91. The molecule has 1 aromatic carbocycles. The number of nitrogens with zero attached hydrogens (tertiary/aromatic N) is 1. The zero-order valence-corrected chi connectivity index (χ0v) is 11.4. The van der Waals surface area contributed by atoms with Crippen LogP contribution < -0.4 is 10.2 Å². The van der Waals surface area contributed by atoms with Crippen molar-refractivity contribution < 1.29 is 14.4 Å². The van der Waals surface area contributed by atoms with E-state index < -0.39 is 23.3 Å². The first-order chi connectivity index (χ1) is 8.76. The number of barbiturate groups is 1. The van der Waals surface area contributed by atoms with Crippen molar-refractivity contribution in [3.05, 3.63) is 29.3 Å². The number of anilines is 1. The number of imide groups is 2. The van der Waals surface area contributed by atoms with Crippen LogP contribution in [0.2, 0.25) is 0 Å². The third-order valence-corrected chi connectivity index (χ3v) is 3.55. The van der Waals surface area contributed by atoms with Crippen molar-refractivity contribution in [3.8, 4) is 0 Å². The number of aryl methyl sites for hydroxylation is 1. The van der Waals surface area contributed by atoms with Gasteiger partial charge in [0.05, 0.1) is 5.69 Å². The van der Waals surface area contributed by atoms with Crippen molar-refractivity contribution in [2.45, 2.75) is 27.7 Å². The maximum Gasteiger partial charge on any atom is 0.335 e. The van der Waals surface area contributed by atoms with Gasteiger partial charge in [-0.15, -0.1) is 0 Å². The topological polar surface area (TPSA) is 66.5 Å². The Bertz CT molecular complexity index is 590. The van der Waals surface area contributed by atoms with Crippen LogP contribution in [-0.4, -0.2) is 17.8 Å². The molecule has 0 unspecified atom stereocenters. The SMILES string of the molecule is Cc1cccc(N2C(=O)NC(=O)C(C)(C)C2=O)c1C. The van der Waals surface area contributed by atoms with Gasteiger partial charge in [0.15, 0.2) is 0 Å². The highest BCUT2D eigenvalue weighted by Gasteiger charge is 2.47. The smallest absolute Gasteiger partial charge is 0.276 e. The lowest BCUT2D eigenvalue weighted by atomic mass is 9.88. The van der Waals surface area contributed by atoms with E-state index in [1.54, 1.807) is 12.1 Å². The predicted molar refractivity (Wildman–Crippen MR) is 70.7 cm³/mol. The molecule has 1 aromatic rings. The molecule has 1 heterocycles. The molecule has 1 N–H and O–H groups in total. The number of urea groups is 1. The second kappa shape index (κ2) is 4.19. The van der Waals surface area contributed by atoms with Gasteiger partial charge in [0, 0.05) is 0 Å². The Labute approximate surface area is 111 Å². The lowest BCUT2D eigenvalue weighted by Crippen LogP contribution is -2.62. The van der Waals surface area contributed by atoms with E-state index in [4.69, 9.17) is 0 Å². The monoisotopic (exact) mass is 260 g/mol.